The zero-order valence-electron chi connectivity index (χ0n) is 19.5. The molecule has 180 valence electrons. The number of halogens is 1. The van der Waals surface area contributed by atoms with Gasteiger partial charge in [-0.15, -0.1) is 0 Å². The van der Waals surface area contributed by atoms with Crippen molar-refractivity contribution in [3.8, 4) is 16.9 Å². The standard InChI is InChI=1S/C28H23ClN4O3/c1-31(28(35)25-15-14-24(36-25)19-32-16-6-5-9-26(32)34)17-21-18-33(23-7-3-2-4-8-23)30-27(21)20-10-12-22(29)13-11-20/h2-16,18H,17,19H2,1H3. The Labute approximate surface area is 212 Å². The number of carbonyl (C=O) groups excluding carboxylic acids is 1. The summed E-state index contributed by atoms with van der Waals surface area (Å²) in [5.41, 5.74) is 3.32. The van der Waals surface area contributed by atoms with Crippen LogP contribution in [0.25, 0.3) is 16.9 Å². The largest absolute Gasteiger partial charge is 0.454 e. The summed E-state index contributed by atoms with van der Waals surface area (Å²) in [6.07, 6.45) is 3.61. The number of hydrogen-bond donors (Lipinski definition) is 0. The lowest BCUT2D eigenvalue weighted by Gasteiger charge is -2.15. The molecule has 0 fully saturated rings. The van der Waals surface area contributed by atoms with E-state index in [0.717, 1.165) is 22.5 Å². The fourth-order valence-electron chi connectivity index (χ4n) is 3.94. The minimum Gasteiger partial charge on any atom is -0.454 e. The van der Waals surface area contributed by atoms with Crippen LogP contribution in [0.1, 0.15) is 21.9 Å². The fourth-order valence-corrected chi connectivity index (χ4v) is 4.07. The second-order valence-corrected chi connectivity index (χ2v) is 8.82. The maximum absolute atomic E-state index is 13.2. The average Bonchev–Trinajstić information content (AvgIpc) is 3.53. The highest BCUT2D eigenvalue weighted by Gasteiger charge is 2.20. The van der Waals surface area contributed by atoms with Crippen molar-refractivity contribution >= 4 is 17.5 Å². The van der Waals surface area contributed by atoms with Crippen molar-refractivity contribution in [2.45, 2.75) is 13.1 Å². The monoisotopic (exact) mass is 498 g/mol. The van der Waals surface area contributed by atoms with E-state index in [0.29, 0.717) is 17.3 Å². The van der Waals surface area contributed by atoms with Crippen molar-refractivity contribution in [3.05, 3.63) is 130 Å². The SMILES string of the molecule is CN(Cc1cn(-c2ccccc2)nc1-c1ccc(Cl)cc1)C(=O)c1ccc(Cn2ccccc2=O)o1. The van der Waals surface area contributed by atoms with Gasteiger partial charge in [-0.25, -0.2) is 4.68 Å². The van der Waals surface area contributed by atoms with Crippen molar-refractivity contribution in [2.24, 2.45) is 0 Å². The second kappa shape index (κ2) is 10.1. The van der Waals surface area contributed by atoms with Gasteiger partial charge in [0.2, 0.25) is 0 Å². The van der Waals surface area contributed by atoms with Crippen LogP contribution in [0.2, 0.25) is 5.02 Å². The third-order valence-electron chi connectivity index (χ3n) is 5.78. The molecular weight excluding hydrogens is 476 g/mol. The number of amides is 1. The lowest BCUT2D eigenvalue weighted by Crippen LogP contribution is -2.26. The van der Waals surface area contributed by atoms with E-state index in [1.165, 1.54) is 10.6 Å². The molecule has 1 amide bonds. The number of para-hydroxylation sites is 1. The quantitative estimate of drug-likeness (QED) is 0.306. The number of pyridine rings is 1. The molecule has 2 aromatic carbocycles. The van der Waals surface area contributed by atoms with Gasteiger partial charge in [0, 0.05) is 48.2 Å². The van der Waals surface area contributed by atoms with E-state index >= 15 is 0 Å². The molecule has 0 aliphatic carbocycles. The summed E-state index contributed by atoms with van der Waals surface area (Å²) in [4.78, 5) is 26.7. The Morgan fingerprint density at radius 3 is 2.47 bits per heavy atom. The maximum atomic E-state index is 13.2. The van der Waals surface area contributed by atoms with Crippen LogP contribution in [-0.4, -0.2) is 32.2 Å². The summed E-state index contributed by atoms with van der Waals surface area (Å²) < 4.78 is 9.11. The molecule has 0 bridgehead atoms. The summed E-state index contributed by atoms with van der Waals surface area (Å²) >= 11 is 6.09. The Bertz CT molecular complexity index is 1550. The first-order chi connectivity index (χ1) is 17.5. The smallest absolute Gasteiger partial charge is 0.289 e. The Balaban J connectivity index is 1.39. The molecule has 0 saturated carbocycles. The number of benzene rings is 2. The summed E-state index contributed by atoms with van der Waals surface area (Å²) in [7, 11) is 1.72. The average molecular weight is 499 g/mol. The van der Waals surface area contributed by atoms with Crippen LogP contribution in [-0.2, 0) is 13.1 Å². The van der Waals surface area contributed by atoms with E-state index in [4.69, 9.17) is 21.1 Å². The van der Waals surface area contributed by atoms with E-state index in [9.17, 15) is 9.59 Å². The summed E-state index contributed by atoms with van der Waals surface area (Å²) in [6.45, 7) is 0.568. The second-order valence-electron chi connectivity index (χ2n) is 8.38. The van der Waals surface area contributed by atoms with Gasteiger partial charge in [0.25, 0.3) is 11.5 Å². The number of hydrogen-bond acceptors (Lipinski definition) is 4. The molecule has 0 unspecified atom stereocenters. The molecule has 8 heteroatoms. The molecule has 5 aromatic rings. The Morgan fingerprint density at radius 1 is 0.972 bits per heavy atom. The predicted octanol–water partition coefficient (Wildman–Crippen LogP) is 5.27. The minimum atomic E-state index is -0.267. The number of rotatable bonds is 7. The third-order valence-corrected chi connectivity index (χ3v) is 6.03. The Kier molecular flexibility index (Phi) is 6.56. The van der Waals surface area contributed by atoms with Crippen molar-refractivity contribution in [1.82, 2.24) is 19.2 Å². The van der Waals surface area contributed by atoms with Gasteiger partial charge < -0.3 is 13.9 Å². The minimum absolute atomic E-state index is 0.135. The van der Waals surface area contributed by atoms with Crippen LogP contribution in [0.4, 0.5) is 0 Å². The first kappa shape index (κ1) is 23.4. The predicted molar refractivity (Wildman–Crippen MR) is 138 cm³/mol. The third kappa shape index (κ3) is 5.01. The van der Waals surface area contributed by atoms with E-state index < -0.39 is 0 Å². The Morgan fingerprint density at radius 2 is 1.72 bits per heavy atom. The summed E-state index contributed by atoms with van der Waals surface area (Å²) in [6, 6.07) is 25.6. The number of carbonyl (C=O) groups is 1. The molecule has 36 heavy (non-hydrogen) atoms. The Hall–Kier alpha value is -4.36. The highest BCUT2D eigenvalue weighted by molar-refractivity contribution is 6.30. The first-order valence-electron chi connectivity index (χ1n) is 11.4. The number of furan rings is 1. The number of aromatic nitrogens is 3. The van der Waals surface area contributed by atoms with Crippen LogP contribution >= 0.6 is 11.6 Å². The molecule has 0 aliphatic heterocycles. The van der Waals surface area contributed by atoms with Crippen molar-refractivity contribution in [1.29, 1.82) is 0 Å². The molecule has 3 aromatic heterocycles. The normalized spacial score (nSPS) is 10.9. The highest BCUT2D eigenvalue weighted by atomic mass is 35.5. The molecule has 0 radical (unpaired) electrons. The number of nitrogens with zero attached hydrogens (tertiary/aromatic N) is 4. The first-order valence-corrected chi connectivity index (χ1v) is 11.8. The van der Waals surface area contributed by atoms with Crippen LogP contribution in [0.3, 0.4) is 0 Å². The van der Waals surface area contributed by atoms with E-state index in [2.05, 4.69) is 0 Å². The molecule has 7 nitrogen and oxygen atoms in total. The van der Waals surface area contributed by atoms with Crippen LogP contribution < -0.4 is 5.56 Å². The van der Waals surface area contributed by atoms with Crippen molar-refractivity contribution in [3.63, 3.8) is 0 Å². The fraction of sp³-hybridized carbons (Fsp3) is 0.107. The lowest BCUT2D eigenvalue weighted by atomic mass is 10.1. The van der Waals surface area contributed by atoms with Crippen molar-refractivity contribution in [2.75, 3.05) is 7.05 Å². The molecule has 0 atom stereocenters. The van der Waals surface area contributed by atoms with Gasteiger partial charge >= 0.3 is 0 Å². The molecule has 5 rings (SSSR count). The van der Waals surface area contributed by atoms with Crippen LogP contribution in [0, 0.1) is 0 Å². The zero-order chi connectivity index (χ0) is 25.1. The lowest BCUT2D eigenvalue weighted by molar-refractivity contribution is 0.0751. The van der Waals surface area contributed by atoms with Gasteiger partial charge in [-0.2, -0.15) is 5.10 Å². The summed E-state index contributed by atoms with van der Waals surface area (Å²) in [5.74, 6) is 0.468. The van der Waals surface area contributed by atoms with Gasteiger partial charge in [0.05, 0.1) is 17.9 Å². The maximum Gasteiger partial charge on any atom is 0.289 e. The van der Waals surface area contributed by atoms with E-state index in [1.54, 1.807) is 47.1 Å². The van der Waals surface area contributed by atoms with Gasteiger partial charge in [-0.3, -0.25) is 9.59 Å². The molecule has 0 saturated heterocycles. The summed E-state index contributed by atoms with van der Waals surface area (Å²) in [5, 5.41) is 5.44. The van der Waals surface area contributed by atoms with Crippen LogP contribution in [0.5, 0.6) is 0 Å². The molecule has 0 N–H and O–H groups in total. The van der Waals surface area contributed by atoms with Gasteiger partial charge in [-0.05, 0) is 42.5 Å². The van der Waals surface area contributed by atoms with Gasteiger partial charge in [0.15, 0.2) is 5.76 Å². The highest BCUT2D eigenvalue weighted by Crippen LogP contribution is 2.26. The molecule has 3 heterocycles. The molecular formula is C28H23ClN4O3. The topological polar surface area (TPSA) is 73.3 Å². The van der Waals surface area contributed by atoms with Gasteiger partial charge in [-0.1, -0.05) is 48.0 Å². The molecule has 0 spiro atoms. The van der Waals surface area contributed by atoms with Crippen LogP contribution in [0.15, 0.2) is 107 Å². The van der Waals surface area contributed by atoms with Crippen molar-refractivity contribution < 1.29 is 9.21 Å². The van der Waals surface area contributed by atoms with Gasteiger partial charge in [0.1, 0.15) is 5.76 Å². The molecule has 0 aliphatic rings. The zero-order valence-corrected chi connectivity index (χ0v) is 20.3. The van der Waals surface area contributed by atoms with E-state index in [1.807, 2.05) is 60.8 Å². The van der Waals surface area contributed by atoms with E-state index in [-0.39, 0.29) is 23.8 Å².